The van der Waals surface area contributed by atoms with Gasteiger partial charge in [0, 0.05) is 13.2 Å². The molecule has 1 amide bonds. The van der Waals surface area contributed by atoms with Crippen molar-refractivity contribution in [2.45, 2.75) is 32.7 Å². The minimum Gasteiger partial charge on any atom is -0.396 e. The lowest BCUT2D eigenvalue weighted by molar-refractivity contribution is -0.123. The molecule has 2 unspecified atom stereocenters. The number of nitrogens with one attached hydrogen (secondary N) is 1. The first-order chi connectivity index (χ1) is 16.9. The molecular formula is C29H32FN3O2. The molecule has 3 aromatic carbocycles. The molecule has 0 fully saturated rings. The smallest absolute Gasteiger partial charge is 0.231 e. The minimum absolute atomic E-state index is 0.104. The van der Waals surface area contributed by atoms with E-state index in [0.29, 0.717) is 17.8 Å². The average Bonchev–Trinajstić information content (AvgIpc) is 3.29. The Kier molecular flexibility index (Phi) is 7.61. The fraction of sp³-hybridized carbons (Fsp3) is 0.310. The number of hydrogen-bond donors (Lipinski definition) is 2. The zero-order valence-corrected chi connectivity index (χ0v) is 20.2. The Hall–Kier alpha value is -3.51. The van der Waals surface area contributed by atoms with Gasteiger partial charge in [0.05, 0.1) is 17.4 Å². The molecule has 182 valence electrons. The van der Waals surface area contributed by atoms with Gasteiger partial charge < -0.3 is 10.4 Å². The quantitative estimate of drug-likeness (QED) is 0.413. The molecule has 0 spiro atoms. The zero-order valence-electron chi connectivity index (χ0n) is 20.2. The normalized spacial score (nSPS) is 17.8. The van der Waals surface area contributed by atoms with Crippen molar-refractivity contribution in [1.82, 2.24) is 5.32 Å². The van der Waals surface area contributed by atoms with E-state index in [1.165, 1.54) is 12.1 Å². The van der Waals surface area contributed by atoms with E-state index in [2.05, 4.69) is 5.32 Å². The van der Waals surface area contributed by atoms with Crippen LogP contribution in [0, 0.1) is 17.2 Å². The molecule has 35 heavy (non-hydrogen) atoms. The van der Waals surface area contributed by atoms with Gasteiger partial charge in [0.25, 0.3) is 0 Å². The second-order valence-corrected chi connectivity index (χ2v) is 9.72. The predicted molar refractivity (Wildman–Crippen MR) is 138 cm³/mol. The fourth-order valence-electron chi connectivity index (χ4n) is 4.41. The van der Waals surface area contributed by atoms with E-state index in [1.807, 2.05) is 79.5 Å². The van der Waals surface area contributed by atoms with Crippen molar-refractivity contribution in [2.75, 3.05) is 18.2 Å². The van der Waals surface area contributed by atoms with Crippen LogP contribution in [0.15, 0.2) is 90.0 Å². The fourth-order valence-corrected chi connectivity index (χ4v) is 4.41. The highest BCUT2D eigenvalue weighted by Crippen LogP contribution is 2.41. The van der Waals surface area contributed by atoms with Crippen molar-refractivity contribution in [2.24, 2.45) is 16.4 Å². The molecule has 4 rings (SSSR count). The second kappa shape index (κ2) is 10.8. The van der Waals surface area contributed by atoms with Crippen molar-refractivity contribution in [3.63, 3.8) is 0 Å². The summed E-state index contributed by atoms with van der Waals surface area (Å²) in [5.41, 5.74) is 2.98. The minimum atomic E-state index is -0.589. The number of anilines is 1. The number of nitrogens with zero attached hydrogens (tertiary/aromatic N) is 2. The van der Waals surface area contributed by atoms with Gasteiger partial charge in [-0.05, 0) is 53.6 Å². The first-order valence-electron chi connectivity index (χ1n) is 12.0. The summed E-state index contributed by atoms with van der Waals surface area (Å²) in [6, 6.07) is 25.4. The Bertz CT molecular complexity index is 1150. The second-order valence-electron chi connectivity index (χ2n) is 9.72. The molecule has 2 N–H and O–H groups in total. The summed E-state index contributed by atoms with van der Waals surface area (Å²) in [7, 11) is 0. The molecule has 3 aromatic rings. The zero-order chi connectivity index (χ0) is 24.8. The number of para-hydroxylation sites is 1. The Balaban J connectivity index is 1.69. The van der Waals surface area contributed by atoms with Crippen molar-refractivity contribution < 1.29 is 14.3 Å². The first-order valence-corrected chi connectivity index (χ1v) is 12.0. The van der Waals surface area contributed by atoms with E-state index in [0.717, 1.165) is 24.1 Å². The molecule has 0 radical (unpaired) electrons. The number of amides is 1. The molecule has 1 aliphatic rings. The first kappa shape index (κ1) is 24.6. The van der Waals surface area contributed by atoms with E-state index in [4.69, 9.17) is 5.10 Å². The van der Waals surface area contributed by atoms with Crippen LogP contribution in [0.1, 0.15) is 43.9 Å². The third kappa shape index (κ3) is 5.77. The third-order valence-electron chi connectivity index (χ3n) is 6.43. The number of aliphatic hydroxyl groups is 1. The average molecular weight is 474 g/mol. The number of benzene rings is 3. The van der Waals surface area contributed by atoms with Crippen molar-refractivity contribution in [3.05, 3.63) is 102 Å². The van der Waals surface area contributed by atoms with E-state index in [-0.39, 0.29) is 29.8 Å². The van der Waals surface area contributed by atoms with Crippen molar-refractivity contribution >= 4 is 17.3 Å². The molecule has 1 aliphatic heterocycles. The van der Waals surface area contributed by atoms with Crippen LogP contribution >= 0.6 is 0 Å². The van der Waals surface area contributed by atoms with E-state index >= 15 is 0 Å². The molecule has 0 saturated heterocycles. The molecule has 0 aromatic heterocycles. The monoisotopic (exact) mass is 473 g/mol. The number of hydrazone groups is 1. The maximum Gasteiger partial charge on any atom is 0.231 e. The maximum absolute atomic E-state index is 13.7. The molecule has 0 bridgehead atoms. The Morgan fingerprint density at radius 3 is 2.26 bits per heavy atom. The van der Waals surface area contributed by atoms with Gasteiger partial charge in [-0.1, -0.05) is 74.5 Å². The van der Waals surface area contributed by atoms with Crippen LogP contribution in [0.25, 0.3) is 0 Å². The molecule has 5 nitrogen and oxygen atoms in total. The van der Waals surface area contributed by atoms with Gasteiger partial charge in [0.1, 0.15) is 11.7 Å². The van der Waals surface area contributed by atoms with Gasteiger partial charge in [-0.25, -0.2) is 4.39 Å². The predicted octanol–water partition coefficient (Wildman–Crippen LogP) is 5.32. The lowest BCUT2D eigenvalue weighted by Crippen LogP contribution is -2.40. The topological polar surface area (TPSA) is 64.9 Å². The number of carbonyl (C=O) groups excluding carboxylic acids is 1. The number of rotatable bonds is 9. The van der Waals surface area contributed by atoms with Gasteiger partial charge in [-0.3, -0.25) is 9.80 Å². The van der Waals surface area contributed by atoms with Crippen LogP contribution in [-0.2, 0) is 4.79 Å². The molecule has 2 atom stereocenters. The summed E-state index contributed by atoms with van der Waals surface area (Å²) in [4.78, 5) is 13.7. The number of hydrogen-bond acceptors (Lipinski definition) is 4. The third-order valence-corrected chi connectivity index (χ3v) is 6.43. The van der Waals surface area contributed by atoms with Crippen molar-refractivity contribution in [3.8, 4) is 0 Å². The number of carbonyl (C=O) groups is 1. The van der Waals surface area contributed by atoms with Crippen LogP contribution in [0.5, 0.6) is 0 Å². The summed E-state index contributed by atoms with van der Waals surface area (Å²) in [6.07, 6.45) is 1.55. The van der Waals surface area contributed by atoms with Gasteiger partial charge in [-0.2, -0.15) is 5.10 Å². The highest BCUT2D eigenvalue weighted by Gasteiger charge is 2.44. The SMILES string of the molecule is CC(C)(CO)CCCNC(=O)C1C(c2ccc(F)cc2)=NN(c2ccccc2)C1c1ccccc1. The molecule has 6 heteroatoms. The highest BCUT2D eigenvalue weighted by molar-refractivity contribution is 6.15. The molecular weight excluding hydrogens is 441 g/mol. The lowest BCUT2D eigenvalue weighted by atomic mass is 9.86. The summed E-state index contributed by atoms with van der Waals surface area (Å²) in [5.74, 6) is -1.05. The van der Waals surface area contributed by atoms with Crippen LogP contribution in [0.4, 0.5) is 10.1 Å². The molecule has 0 saturated carbocycles. The lowest BCUT2D eigenvalue weighted by Gasteiger charge is -2.28. The van der Waals surface area contributed by atoms with Crippen LogP contribution in [-0.4, -0.2) is 29.9 Å². The summed E-state index contributed by atoms with van der Waals surface area (Å²) < 4.78 is 13.7. The van der Waals surface area contributed by atoms with E-state index in [1.54, 1.807) is 12.1 Å². The van der Waals surface area contributed by atoms with Gasteiger partial charge in [-0.15, -0.1) is 0 Å². The van der Waals surface area contributed by atoms with Crippen LogP contribution < -0.4 is 10.3 Å². The molecule has 1 heterocycles. The van der Waals surface area contributed by atoms with Gasteiger partial charge >= 0.3 is 0 Å². The van der Waals surface area contributed by atoms with E-state index in [9.17, 15) is 14.3 Å². The Labute approximate surface area is 206 Å². The summed E-state index contributed by atoms with van der Waals surface area (Å²) in [5, 5.41) is 19.4. The van der Waals surface area contributed by atoms with Gasteiger partial charge in [0.2, 0.25) is 5.91 Å². The van der Waals surface area contributed by atoms with Crippen LogP contribution in [0.2, 0.25) is 0 Å². The Morgan fingerprint density at radius 1 is 1.00 bits per heavy atom. The van der Waals surface area contributed by atoms with E-state index < -0.39 is 5.92 Å². The standard InChI is InChI=1S/C29H32FN3O2/c1-29(2,20-34)18-9-19-31-28(35)25-26(21-14-16-23(30)17-15-21)32-33(24-12-7-4-8-13-24)27(25)22-10-5-3-6-11-22/h3-8,10-17,25,27,34H,9,18-20H2,1-2H3,(H,31,35). The molecule has 0 aliphatic carbocycles. The number of halogens is 1. The summed E-state index contributed by atoms with van der Waals surface area (Å²) >= 11 is 0. The summed E-state index contributed by atoms with van der Waals surface area (Å²) in [6.45, 7) is 4.62. The van der Waals surface area contributed by atoms with Crippen LogP contribution in [0.3, 0.4) is 0 Å². The van der Waals surface area contributed by atoms with Gasteiger partial charge in [0.15, 0.2) is 0 Å². The number of aliphatic hydroxyl groups excluding tert-OH is 1. The van der Waals surface area contributed by atoms with Crippen molar-refractivity contribution in [1.29, 1.82) is 0 Å². The largest absolute Gasteiger partial charge is 0.396 e. The maximum atomic E-state index is 13.7. The highest BCUT2D eigenvalue weighted by atomic mass is 19.1. The Morgan fingerprint density at radius 2 is 1.63 bits per heavy atom.